The molecule has 0 aliphatic heterocycles. The lowest BCUT2D eigenvalue weighted by atomic mass is 9.78. The van der Waals surface area contributed by atoms with E-state index in [9.17, 15) is 4.39 Å². The molecule has 3 heteroatoms. The van der Waals surface area contributed by atoms with Gasteiger partial charge >= 0.3 is 0 Å². The van der Waals surface area contributed by atoms with Gasteiger partial charge in [0, 0.05) is 17.3 Å². The van der Waals surface area contributed by atoms with Crippen molar-refractivity contribution in [2.24, 2.45) is 0 Å². The number of unbranched alkanes of at least 4 members (excludes halogenated alkanes) is 2. The number of H-pyrrole nitrogens is 1. The van der Waals surface area contributed by atoms with Crippen molar-refractivity contribution in [1.29, 1.82) is 0 Å². The molecule has 0 spiro atoms. The zero-order valence-corrected chi connectivity index (χ0v) is 13.2. The average molecular weight is 351 g/mol. The van der Waals surface area contributed by atoms with Crippen LogP contribution in [0, 0.1) is 9.39 Å². The lowest BCUT2D eigenvalue weighted by molar-refractivity contribution is 0.368. The Morgan fingerprint density at radius 1 is 1.24 bits per heavy atom. The van der Waals surface area contributed by atoms with E-state index in [1.165, 1.54) is 25.5 Å². The normalized spacial score (nSPS) is 14.9. The molecule has 0 amide bonds. The van der Waals surface area contributed by atoms with E-state index in [1.54, 1.807) is 0 Å². The van der Waals surface area contributed by atoms with E-state index in [4.69, 9.17) is 0 Å². The van der Waals surface area contributed by atoms with Crippen LogP contribution in [0.15, 0.2) is 6.20 Å². The number of halogens is 2. The molecule has 0 aliphatic carbocycles. The van der Waals surface area contributed by atoms with E-state index >= 15 is 0 Å². The number of aromatic nitrogens is 1. The largest absolute Gasteiger partial charge is 0.361 e. The van der Waals surface area contributed by atoms with Gasteiger partial charge in [-0.25, -0.2) is 4.39 Å². The minimum atomic E-state index is -0.113. The number of nitrogens with one attached hydrogen (secondary N) is 1. The van der Waals surface area contributed by atoms with Crippen LogP contribution in [0.3, 0.4) is 0 Å². The molecular weight excluding hydrogens is 328 g/mol. The molecule has 1 N–H and O–H groups in total. The standard InChI is InChI=1S/C14H23FIN/c1-4-6-7-9-14(3,8-5-2)13-12(16)11(15)10-17-13/h10,17H,4-9H2,1-3H3. The minimum Gasteiger partial charge on any atom is -0.361 e. The highest BCUT2D eigenvalue weighted by molar-refractivity contribution is 14.1. The molecule has 1 rings (SSSR count). The molecule has 98 valence electrons. The van der Waals surface area contributed by atoms with Crippen molar-refractivity contribution in [3.05, 3.63) is 21.3 Å². The number of aromatic amines is 1. The second-order valence-electron chi connectivity index (χ2n) is 5.09. The summed E-state index contributed by atoms with van der Waals surface area (Å²) >= 11 is 2.12. The molecule has 1 atom stereocenters. The molecule has 0 fully saturated rings. The number of rotatable bonds is 7. The second kappa shape index (κ2) is 6.76. The Labute approximate surface area is 118 Å². The van der Waals surface area contributed by atoms with Crippen LogP contribution in [-0.2, 0) is 5.41 Å². The molecule has 0 radical (unpaired) electrons. The zero-order chi connectivity index (χ0) is 12.9. The summed E-state index contributed by atoms with van der Waals surface area (Å²) in [6.07, 6.45) is 8.61. The van der Waals surface area contributed by atoms with E-state index < -0.39 is 0 Å². The van der Waals surface area contributed by atoms with Gasteiger partial charge in [0.1, 0.15) is 0 Å². The maximum absolute atomic E-state index is 13.5. The summed E-state index contributed by atoms with van der Waals surface area (Å²) < 4.78 is 14.2. The van der Waals surface area contributed by atoms with Gasteiger partial charge in [-0.15, -0.1) is 0 Å². The third-order valence-electron chi connectivity index (χ3n) is 3.51. The third kappa shape index (κ3) is 3.70. The van der Waals surface area contributed by atoms with Gasteiger partial charge in [-0.2, -0.15) is 0 Å². The van der Waals surface area contributed by atoms with Gasteiger partial charge in [0.05, 0.1) is 3.57 Å². The van der Waals surface area contributed by atoms with Crippen LogP contribution in [0.1, 0.15) is 65.0 Å². The molecule has 0 aromatic carbocycles. The van der Waals surface area contributed by atoms with E-state index in [0.29, 0.717) is 0 Å². The highest BCUT2D eigenvalue weighted by atomic mass is 127. The molecule has 0 saturated heterocycles. The Hall–Kier alpha value is -0.0600. The molecule has 0 bridgehead atoms. The Bertz CT molecular complexity index is 348. The van der Waals surface area contributed by atoms with E-state index in [1.807, 2.05) is 0 Å². The van der Waals surface area contributed by atoms with Gasteiger partial charge in [-0.3, -0.25) is 0 Å². The molecule has 1 aromatic heterocycles. The summed E-state index contributed by atoms with van der Waals surface area (Å²) in [5.41, 5.74) is 1.19. The molecule has 1 unspecified atom stereocenters. The van der Waals surface area contributed by atoms with Crippen LogP contribution in [0.2, 0.25) is 0 Å². The minimum absolute atomic E-state index is 0.102. The van der Waals surface area contributed by atoms with Crippen LogP contribution in [0.4, 0.5) is 4.39 Å². The van der Waals surface area contributed by atoms with Crippen molar-refractivity contribution in [1.82, 2.24) is 4.98 Å². The molecule has 0 aliphatic rings. The Morgan fingerprint density at radius 3 is 2.41 bits per heavy atom. The molecule has 1 heterocycles. The van der Waals surface area contributed by atoms with Gasteiger partial charge in [0.15, 0.2) is 5.82 Å². The second-order valence-corrected chi connectivity index (χ2v) is 6.17. The first kappa shape index (κ1) is 15.0. The lowest BCUT2D eigenvalue weighted by Crippen LogP contribution is -2.23. The fraction of sp³-hybridized carbons (Fsp3) is 0.714. The van der Waals surface area contributed by atoms with Gasteiger partial charge in [0.2, 0.25) is 0 Å². The van der Waals surface area contributed by atoms with Gasteiger partial charge in [0.25, 0.3) is 0 Å². The first-order chi connectivity index (χ1) is 8.05. The highest BCUT2D eigenvalue weighted by Crippen LogP contribution is 2.37. The summed E-state index contributed by atoms with van der Waals surface area (Å²) in [5, 5.41) is 0. The summed E-state index contributed by atoms with van der Waals surface area (Å²) in [6, 6.07) is 0. The van der Waals surface area contributed by atoms with Crippen molar-refractivity contribution in [2.45, 2.75) is 64.7 Å². The quantitative estimate of drug-likeness (QED) is 0.500. The molecule has 1 aromatic rings. The van der Waals surface area contributed by atoms with Gasteiger partial charge in [-0.1, -0.05) is 46.5 Å². The first-order valence-electron chi connectivity index (χ1n) is 6.58. The van der Waals surface area contributed by atoms with Crippen LogP contribution >= 0.6 is 22.6 Å². The molecule has 1 nitrogen and oxygen atoms in total. The van der Waals surface area contributed by atoms with Crippen molar-refractivity contribution in [2.75, 3.05) is 0 Å². The van der Waals surface area contributed by atoms with Crippen molar-refractivity contribution in [3.63, 3.8) is 0 Å². The maximum Gasteiger partial charge on any atom is 0.154 e. The fourth-order valence-electron chi connectivity index (χ4n) is 2.51. The molecule has 17 heavy (non-hydrogen) atoms. The summed E-state index contributed by atoms with van der Waals surface area (Å²) in [5.74, 6) is -0.113. The topological polar surface area (TPSA) is 15.8 Å². The maximum atomic E-state index is 13.5. The lowest BCUT2D eigenvalue weighted by Gasteiger charge is -2.29. The Kier molecular flexibility index (Phi) is 5.97. The summed E-state index contributed by atoms with van der Waals surface area (Å²) in [6.45, 7) is 6.68. The van der Waals surface area contributed by atoms with Crippen LogP contribution in [-0.4, -0.2) is 4.98 Å². The van der Waals surface area contributed by atoms with Gasteiger partial charge < -0.3 is 4.98 Å². The Morgan fingerprint density at radius 2 is 1.94 bits per heavy atom. The van der Waals surface area contributed by atoms with Crippen molar-refractivity contribution >= 4 is 22.6 Å². The Balaban J connectivity index is 2.86. The average Bonchev–Trinajstić information content (AvgIpc) is 2.61. The fourth-order valence-corrected chi connectivity index (χ4v) is 3.48. The predicted molar refractivity (Wildman–Crippen MR) is 79.9 cm³/mol. The number of hydrogen-bond donors (Lipinski definition) is 1. The predicted octanol–water partition coefficient (Wildman–Crippen LogP) is 5.40. The van der Waals surface area contributed by atoms with E-state index in [2.05, 4.69) is 48.3 Å². The monoisotopic (exact) mass is 351 g/mol. The molecular formula is C14H23FIN. The third-order valence-corrected chi connectivity index (χ3v) is 4.56. The van der Waals surface area contributed by atoms with E-state index in [-0.39, 0.29) is 11.2 Å². The van der Waals surface area contributed by atoms with Crippen molar-refractivity contribution < 1.29 is 4.39 Å². The number of hydrogen-bond acceptors (Lipinski definition) is 0. The van der Waals surface area contributed by atoms with Gasteiger partial charge in [-0.05, 0) is 35.4 Å². The van der Waals surface area contributed by atoms with Crippen LogP contribution < -0.4 is 0 Å². The highest BCUT2D eigenvalue weighted by Gasteiger charge is 2.29. The first-order valence-corrected chi connectivity index (χ1v) is 7.66. The van der Waals surface area contributed by atoms with E-state index in [0.717, 1.165) is 28.5 Å². The van der Waals surface area contributed by atoms with Crippen molar-refractivity contribution in [3.8, 4) is 0 Å². The zero-order valence-electron chi connectivity index (χ0n) is 11.1. The van der Waals surface area contributed by atoms with Crippen LogP contribution in [0.5, 0.6) is 0 Å². The molecule has 0 saturated carbocycles. The smallest absolute Gasteiger partial charge is 0.154 e. The summed E-state index contributed by atoms with van der Waals surface area (Å²) in [7, 11) is 0. The van der Waals surface area contributed by atoms with Crippen LogP contribution in [0.25, 0.3) is 0 Å². The summed E-state index contributed by atoms with van der Waals surface area (Å²) in [4.78, 5) is 3.14. The SMILES string of the molecule is CCCCCC(C)(CCC)c1[nH]cc(F)c1I.